The van der Waals surface area contributed by atoms with Crippen LogP contribution in [-0.2, 0) is 10.0 Å². The van der Waals surface area contributed by atoms with Crippen LogP contribution in [0, 0.1) is 21.4 Å². The summed E-state index contributed by atoms with van der Waals surface area (Å²) in [6.07, 6.45) is -0.00427. The molecule has 1 rings (SSSR count). The Balaban J connectivity index is 3.40. The molecule has 0 spiro atoms. The molecule has 0 radical (unpaired) electrons. The zero-order valence-corrected chi connectivity index (χ0v) is 12.1. The predicted octanol–water partition coefficient (Wildman–Crippen LogP) is 0.805. The van der Waals surface area contributed by atoms with E-state index in [1.165, 1.54) is 6.07 Å². The number of nitriles is 1. The molecule has 0 fully saturated rings. The highest BCUT2D eigenvalue weighted by Gasteiger charge is 2.31. The molecule has 0 aromatic heterocycles. The molecule has 0 bridgehead atoms. The van der Waals surface area contributed by atoms with Crippen molar-refractivity contribution in [3.63, 3.8) is 0 Å². The lowest BCUT2D eigenvalue weighted by Crippen LogP contribution is -2.32. The second kappa shape index (κ2) is 6.98. The van der Waals surface area contributed by atoms with Crippen molar-refractivity contribution in [3.05, 3.63) is 28.3 Å². The van der Waals surface area contributed by atoms with Crippen LogP contribution in [0.3, 0.4) is 0 Å². The summed E-state index contributed by atoms with van der Waals surface area (Å²) in [6, 6.07) is 5.32. The van der Waals surface area contributed by atoms with E-state index in [1.807, 2.05) is 6.07 Å². The van der Waals surface area contributed by atoms with E-state index in [0.29, 0.717) is 0 Å². The first-order chi connectivity index (χ1) is 9.88. The quantitative estimate of drug-likeness (QED) is 0.430. The Hall–Kier alpha value is -2.22. The summed E-state index contributed by atoms with van der Waals surface area (Å²) in [5.74, 6) is 5.21. The molecule has 10 heteroatoms. The van der Waals surface area contributed by atoms with Crippen molar-refractivity contribution in [3.8, 4) is 6.07 Å². The second-order valence-corrected chi connectivity index (χ2v) is 5.90. The monoisotopic (exact) mass is 313 g/mol. The van der Waals surface area contributed by atoms with E-state index in [4.69, 9.17) is 11.1 Å². The number of hydrogen-bond donors (Lipinski definition) is 2. The number of anilines is 1. The van der Waals surface area contributed by atoms with Crippen LogP contribution in [0.2, 0.25) is 0 Å². The lowest BCUT2D eigenvalue weighted by Gasteiger charge is -2.19. The highest BCUT2D eigenvalue weighted by molar-refractivity contribution is 7.89. The van der Waals surface area contributed by atoms with Crippen LogP contribution in [0.1, 0.15) is 13.3 Å². The third-order valence-electron chi connectivity index (χ3n) is 2.77. The van der Waals surface area contributed by atoms with Crippen LogP contribution in [0.25, 0.3) is 0 Å². The van der Waals surface area contributed by atoms with Gasteiger partial charge in [0, 0.05) is 25.6 Å². The SMILES string of the molecule is CCN(CCC#N)S(=O)(=O)c1cc(NN)ccc1[N+](=O)[O-]. The average Bonchev–Trinajstić information content (AvgIpc) is 2.47. The summed E-state index contributed by atoms with van der Waals surface area (Å²) in [6.45, 7) is 1.65. The standard InChI is InChI=1S/C11H15N5O4S/c1-2-15(7-3-6-12)21(19,20)11-8-9(14-13)4-5-10(11)16(17)18/h4-5,8,14H,2-3,7,13H2,1H3. The van der Waals surface area contributed by atoms with Gasteiger partial charge in [-0.15, -0.1) is 0 Å². The fraction of sp³-hybridized carbons (Fsp3) is 0.364. The Morgan fingerprint density at radius 1 is 1.52 bits per heavy atom. The minimum Gasteiger partial charge on any atom is -0.324 e. The molecule has 0 aliphatic carbocycles. The molecular formula is C11H15N5O4S. The average molecular weight is 313 g/mol. The summed E-state index contributed by atoms with van der Waals surface area (Å²) in [7, 11) is -4.09. The molecule has 0 heterocycles. The van der Waals surface area contributed by atoms with Crippen molar-refractivity contribution >= 4 is 21.4 Å². The molecule has 0 aliphatic rings. The van der Waals surface area contributed by atoms with Gasteiger partial charge in [-0.25, -0.2) is 8.42 Å². The molecule has 9 nitrogen and oxygen atoms in total. The van der Waals surface area contributed by atoms with Gasteiger partial charge in [-0.3, -0.25) is 16.0 Å². The molecule has 0 aliphatic heterocycles. The van der Waals surface area contributed by atoms with Gasteiger partial charge >= 0.3 is 0 Å². The number of hydrazine groups is 1. The Kier molecular flexibility index (Phi) is 5.60. The Bertz CT molecular complexity index is 668. The number of hydrogen-bond acceptors (Lipinski definition) is 7. The Morgan fingerprint density at radius 2 is 2.19 bits per heavy atom. The van der Waals surface area contributed by atoms with Crippen LogP contribution in [0.5, 0.6) is 0 Å². The highest BCUT2D eigenvalue weighted by atomic mass is 32.2. The first kappa shape index (κ1) is 16.8. The molecule has 0 unspecified atom stereocenters. The number of sulfonamides is 1. The Morgan fingerprint density at radius 3 is 2.67 bits per heavy atom. The zero-order chi connectivity index (χ0) is 16.0. The van der Waals surface area contributed by atoms with E-state index in [-0.39, 0.29) is 25.2 Å². The van der Waals surface area contributed by atoms with Crippen LogP contribution < -0.4 is 11.3 Å². The predicted molar refractivity (Wildman–Crippen MR) is 75.6 cm³/mol. The van der Waals surface area contributed by atoms with Crippen molar-refractivity contribution in [2.45, 2.75) is 18.2 Å². The van der Waals surface area contributed by atoms with Gasteiger partial charge in [0.1, 0.15) is 0 Å². The van der Waals surface area contributed by atoms with Crippen molar-refractivity contribution in [2.75, 3.05) is 18.5 Å². The molecule has 0 saturated carbocycles. The molecule has 3 N–H and O–H groups in total. The largest absolute Gasteiger partial charge is 0.324 e. The minimum atomic E-state index is -4.09. The van der Waals surface area contributed by atoms with Gasteiger partial charge in [-0.1, -0.05) is 6.92 Å². The molecular weight excluding hydrogens is 298 g/mol. The fourth-order valence-corrected chi connectivity index (χ4v) is 3.36. The third kappa shape index (κ3) is 3.66. The molecule has 1 aromatic carbocycles. The van der Waals surface area contributed by atoms with E-state index in [1.54, 1.807) is 6.92 Å². The number of nitrogens with one attached hydrogen (secondary N) is 1. The molecule has 0 saturated heterocycles. The second-order valence-electron chi connectivity index (χ2n) is 3.99. The molecule has 114 valence electrons. The number of nitrogens with two attached hydrogens (primary N) is 1. The summed E-state index contributed by atoms with van der Waals surface area (Å²) in [4.78, 5) is 9.78. The smallest absolute Gasteiger partial charge is 0.289 e. The van der Waals surface area contributed by atoms with E-state index < -0.39 is 25.5 Å². The van der Waals surface area contributed by atoms with E-state index in [9.17, 15) is 18.5 Å². The highest BCUT2D eigenvalue weighted by Crippen LogP contribution is 2.29. The maximum atomic E-state index is 12.5. The van der Waals surface area contributed by atoms with Gasteiger partial charge in [-0.05, 0) is 12.1 Å². The fourth-order valence-electron chi connectivity index (χ4n) is 1.72. The molecule has 1 aromatic rings. The summed E-state index contributed by atoms with van der Waals surface area (Å²) >= 11 is 0. The number of nitrogen functional groups attached to an aromatic ring is 1. The maximum absolute atomic E-state index is 12.5. The minimum absolute atomic E-state index is 0.00427. The first-order valence-electron chi connectivity index (χ1n) is 6.00. The molecule has 0 atom stereocenters. The van der Waals surface area contributed by atoms with Gasteiger partial charge in [0.2, 0.25) is 10.0 Å². The summed E-state index contributed by atoms with van der Waals surface area (Å²) < 4.78 is 26.0. The maximum Gasteiger partial charge on any atom is 0.289 e. The van der Waals surface area contributed by atoms with Gasteiger partial charge in [0.05, 0.1) is 16.7 Å². The normalized spacial score (nSPS) is 11.1. The zero-order valence-electron chi connectivity index (χ0n) is 11.3. The van der Waals surface area contributed by atoms with Gasteiger partial charge in [0.25, 0.3) is 5.69 Å². The molecule has 21 heavy (non-hydrogen) atoms. The van der Waals surface area contributed by atoms with Crippen molar-refractivity contribution < 1.29 is 13.3 Å². The number of nitro groups is 1. The topological polar surface area (TPSA) is 142 Å². The van der Waals surface area contributed by atoms with E-state index in [0.717, 1.165) is 16.4 Å². The first-order valence-corrected chi connectivity index (χ1v) is 7.44. The number of nitro benzene ring substituents is 1. The van der Waals surface area contributed by atoms with Crippen LogP contribution >= 0.6 is 0 Å². The third-order valence-corrected chi connectivity index (χ3v) is 4.77. The van der Waals surface area contributed by atoms with Crippen molar-refractivity contribution in [2.24, 2.45) is 5.84 Å². The van der Waals surface area contributed by atoms with Gasteiger partial charge in [-0.2, -0.15) is 9.57 Å². The van der Waals surface area contributed by atoms with E-state index >= 15 is 0 Å². The van der Waals surface area contributed by atoms with Gasteiger partial charge < -0.3 is 5.43 Å². The number of rotatable bonds is 7. The van der Waals surface area contributed by atoms with Crippen molar-refractivity contribution in [1.29, 1.82) is 5.26 Å². The summed E-state index contributed by atoms with van der Waals surface area (Å²) in [5.41, 5.74) is 1.94. The van der Waals surface area contributed by atoms with E-state index in [2.05, 4.69) is 5.43 Å². The number of benzene rings is 1. The molecule has 0 amide bonds. The van der Waals surface area contributed by atoms with Gasteiger partial charge in [0.15, 0.2) is 4.90 Å². The Labute approximate surface area is 122 Å². The number of nitrogens with zero attached hydrogens (tertiary/aromatic N) is 3. The lowest BCUT2D eigenvalue weighted by atomic mass is 10.3. The van der Waals surface area contributed by atoms with Crippen molar-refractivity contribution in [1.82, 2.24) is 4.31 Å². The lowest BCUT2D eigenvalue weighted by molar-refractivity contribution is -0.387. The summed E-state index contributed by atoms with van der Waals surface area (Å²) in [5, 5.41) is 19.6. The van der Waals surface area contributed by atoms with Crippen LogP contribution in [-0.4, -0.2) is 30.7 Å². The van der Waals surface area contributed by atoms with Crippen LogP contribution in [0.15, 0.2) is 23.1 Å². The van der Waals surface area contributed by atoms with Crippen LogP contribution in [0.4, 0.5) is 11.4 Å².